The highest BCUT2D eigenvalue weighted by molar-refractivity contribution is 5.75. The Labute approximate surface area is 107 Å². The molecule has 0 radical (unpaired) electrons. The monoisotopic (exact) mass is 249 g/mol. The highest BCUT2D eigenvalue weighted by atomic mass is 19.1. The van der Waals surface area contributed by atoms with Crippen LogP contribution >= 0.6 is 0 Å². The summed E-state index contributed by atoms with van der Waals surface area (Å²) >= 11 is 0. The molecule has 1 aromatic rings. The van der Waals surface area contributed by atoms with E-state index in [-0.39, 0.29) is 17.2 Å². The molecular formula is C14H20FN3. The van der Waals surface area contributed by atoms with Crippen molar-refractivity contribution >= 4 is 5.96 Å². The van der Waals surface area contributed by atoms with Crippen LogP contribution in [-0.2, 0) is 5.41 Å². The van der Waals surface area contributed by atoms with E-state index in [0.29, 0.717) is 6.54 Å². The number of aliphatic imine (C=N–C) groups is 1. The second-order valence-corrected chi connectivity index (χ2v) is 5.09. The number of guanidine groups is 1. The zero-order valence-electron chi connectivity index (χ0n) is 10.5. The van der Waals surface area contributed by atoms with E-state index in [1.54, 1.807) is 0 Å². The number of hydrogen-bond donors (Lipinski definition) is 2. The first kappa shape index (κ1) is 12.9. The molecule has 0 amide bonds. The largest absolute Gasteiger partial charge is 0.370 e. The Morgan fingerprint density at radius 1 is 1.11 bits per heavy atom. The molecule has 0 spiro atoms. The first-order chi connectivity index (χ1) is 8.62. The quantitative estimate of drug-likeness (QED) is 0.637. The third-order valence-corrected chi connectivity index (χ3v) is 3.83. The smallest absolute Gasteiger partial charge is 0.185 e. The van der Waals surface area contributed by atoms with Gasteiger partial charge in [-0.25, -0.2) is 4.39 Å². The van der Waals surface area contributed by atoms with Gasteiger partial charge in [0, 0.05) is 5.41 Å². The van der Waals surface area contributed by atoms with Crippen molar-refractivity contribution in [1.82, 2.24) is 0 Å². The molecule has 2 rings (SSSR count). The minimum absolute atomic E-state index is 0.0179. The van der Waals surface area contributed by atoms with Crippen LogP contribution in [0.3, 0.4) is 0 Å². The Morgan fingerprint density at radius 2 is 1.72 bits per heavy atom. The van der Waals surface area contributed by atoms with Gasteiger partial charge in [-0.2, -0.15) is 0 Å². The van der Waals surface area contributed by atoms with Gasteiger partial charge in [0.05, 0.1) is 6.54 Å². The summed E-state index contributed by atoms with van der Waals surface area (Å²) in [5.74, 6) is -0.0754. The zero-order chi connectivity index (χ0) is 13.0. The van der Waals surface area contributed by atoms with Crippen LogP contribution in [0, 0.1) is 5.82 Å². The molecule has 0 aromatic heterocycles. The van der Waals surface area contributed by atoms with E-state index in [1.165, 1.54) is 31.4 Å². The predicted octanol–water partition coefficient (Wildman–Crippen LogP) is 2.30. The topological polar surface area (TPSA) is 64.4 Å². The molecule has 4 heteroatoms. The maximum absolute atomic E-state index is 13.0. The molecular weight excluding hydrogens is 229 g/mol. The molecule has 0 heterocycles. The summed E-state index contributed by atoms with van der Waals surface area (Å²) in [6.45, 7) is 0.598. The van der Waals surface area contributed by atoms with E-state index >= 15 is 0 Å². The summed E-state index contributed by atoms with van der Waals surface area (Å²) in [5.41, 5.74) is 12.0. The average Bonchev–Trinajstić information content (AvgIpc) is 2.38. The van der Waals surface area contributed by atoms with Crippen LogP contribution in [0.5, 0.6) is 0 Å². The number of benzene rings is 1. The highest BCUT2D eigenvalue weighted by Gasteiger charge is 2.33. The van der Waals surface area contributed by atoms with Crippen molar-refractivity contribution < 1.29 is 4.39 Å². The fourth-order valence-electron chi connectivity index (χ4n) is 2.81. The van der Waals surface area contributed by atoms with Crippen LogP contribution in [-0.4, -0.2) is 12.5 Å². The lowest BCUT2D eigenvalue weighted by Crippen LogP contribution is -2.34. The van der Waals surface area contributed by atoms with Crippen molar-refractivity contribution in [3.8, 4) is 0 Å². The molecule has 1 fully saturated rings. The summed E-state index contributed by atoms with van der Waals surface area (Å²) in [6, 6.07) is 6.76. The molecule has 18 heavy (non-hydrogen) atoms. The minimum Gasteiger partial charge on any atom is -0.370 e. The number of rotatable bonds is 3. The van der Waals surface area contributed by atoms with Gasteiger partial charge in [0.25, 0.3) is 0 Å². The van der Waals surface area contributed by atoms with Gasteiger partial charge in [-0.3, -0.25) is 4.99 Å². The van der Waals surface area contributed by atoms with E-state index in [9.17, 15) is 4.39 Å². The van der Waals surface area contributed by atoms with Crippen LogP contribution in [0.25, 0.3) is 0 Å². The van der Waals surface area contributed by atoms with Gasteiger partial charge in [-0.15, -0.1) is 0 Å². The Kier molecular flexibility index (Phi) is 3.84. The maximum atomic E-state index is 13.0. The van der Waals surface area contributed by atoms with Crippen molar-refractivity contribution in [3.05, 3.63) is 35.6 Å². The van der Waals surface area contributed by atoms with E-state index in [2.05, 4.69) is 4.99 Å². The van der Waals surface area contributed by atoms with Crippen LogP contribution in [0.15, 0.2) is 29.3 Å². The molecule has 1 saturated carbocycles. The fourth-order valence-corrected chi connectivity index (χ4v) is 2.81. The van der Waals surface area contributed by atoms with Gasteiger partial charge in [-0.1, -0.05) is 31.4 Å². The number of halogens is 1. The molecule has 4 N–H and O–H groups in total. The van der Waals surface area contributed by atoms with Crippen LogP contribution < -0.4 is 11.5 Å². The first-order valence-corrected chi connectivity index (χ1v) is 6.44. The van der Waals surface area contributed by atoms with E-state index in [0.717, 1.165) is 18.4 Å². The lowest BCUT2D eigenvalue weighted by Gasteiger charge is -2.36. The van der Waals surface area contributed by atoms with Crippen LogP contribution in [0.2, 0.25) is 0 Å². The number of nitrogens with two attached hydrogens (primary N) is 2. The fraction of sp³-hybridized carbons (Fsp3) is 0.500. The van der Waals surface area contributed by atoms with Gasteiger partial charge in [0.2, 0.25) is 0 Å². The summed E-state index contributed by atoms with van der Waals surface area (Å²) in [4.78, 5) is 4.20. The van der Waals surface area contributed by atoms with Gasteiger partial charge in [0.1, 0.15) is 5.82 Å². The molecule has 0 aliphatic heterocycles. The molecule has 0 saturated heterocycles. The van der Waals surface area contributed by atoms with Crippen molar-refractivity contribution in [2.24, 2.45) is 16.5 Å². The zero-order valence-corrected chi connectivity index (χ0v) is 10.5. The standard InChI is InChI=1S/C14H20FN3/c15-12-6-4-11(5-7-12)14(10-18-13(16)17)8-2-1-3-9-14/h4-7H,1-3,8-10H2,(H4,16,17,18). The Bertz CT molecular complexity index is 415. The third-order valence-electron chi connectivity index (χ3n) is 3.83. The molecule has 0 unspecified atom stereocenters. The van der Waals surface area contributed by atoms with E-state index < -0.39 is 0 Å². The Balaban J connectivity index is 2.28. The van der Waals surface area contributed by atoms with Crippen molar-refractivity contribution in [2.75, 3.05) is 6.54 Å². The van der Waals surface area contributed by atoms with Crippen molar-refractivity contribution in [1.29, 1.82) is 0 Å². The van der Waals surface area contributed by atoms with Crippen LogP contribution in [0.4, 0.5) is 4.39 Å². The summed E-state index contributed by atoms with van der Waals surface area (Å²) in [5, 5.41) is 0. The summed E-state index contributed by atoms with van der Waals surface area (Å²) in [6.07, 6.45) is 5.74. The molecule has 1 aromatic carbocycles. The van der Waals surface area contributed by atoms with E-state index in [1.807, 2.05) is 12.1 Å². The van der Waals surface area contributed by atoms with E-state index in [4.69, 9.17) is 11.5 Å². The number of hydrogen-bond acceptors (Lipinski definition) is 1. The lowest BCUT2D eigenvalue weighted by atomic mass is 9.69. The number of nitrogens with zero attached hydrogens (tertiary/aromatic N) is 1. The van der Waals surface area contributed by atoms with Crippen molar-refractivity contribution in [3.63, 3.8) is 0 Å². The summed E-state index contributed by atoms with van der Waals surface area (Å²) in [7, 11) is 0. The van der Waals surface area contributed by atoms with Gasteiger partial charge >= 0.3 is 0 Å². The first-order valence-electron chi connectivity index (χ1n) is 6.44. The second-order valence-electron chi connectivity index (χ2n) is 5.09. The minimum atomic E-state index is -0.202. The van der Waals surface area contributed by atoms with Crippen molar-refractivity contribution in [2.45, 2.75) is 37.5 Å². The Morgan fingerprint density at radius 3 is 2.28 bits per heavy atom. The SMILES string of the molecule is NC(N)=NCC1(c2ccc(F)cc2)CCCCC1. The highest BCUT2D eigenvalue weighted by Crippen LogP contribution is 2.39. The second kappa shape index (κ2) is 5.38. The molecule has 3 nitrogen and oxygen atoms in total. The normalized spacial score (nSPS) is 18.3. The van der Waals surface area contributed by atoms with Crippen LogP contribution in [0.1, 0.15) is 37.7 Å². The molecule has 1 aliphatic rings. The van der Waals surface area contributed by atoms with Gasteiger partial charge in [-0.05, 0) is 30.5 Å². The molecule has 1 aliphatic carbocycles. The maximum Gasteiger partial charge on any atom is 0.185 e. The molecule has 0 atom stereocenters. The van der Waals surface area contributed by atoms with Gasteiger partial charge < -0.3 is 11.5 Å². The van der Waals surface area contributed by atoms with Gasteiger partial charge in [0.15, 0.2) is 5.96 Å². The average molecular weight is 249 g/mol. The third kappa shape index (κ3) is 2.81. The Hall–Kier alpha value is -1.58. The lowest BCUT2D eigenvalue weighted by molar-refractivity contribution is 0.301. The molecule has 98 valence electrons. The summed E-state index contributed by atoms with van der Waals surface area (Å²) < 4.78 is 13.0. The molecule has 0 bridgehead atoms. The predicted molar refractivity (Wildman–Crippen MR) is 71.8 cm³/mol.